The van der Waals surface area contributed by atoms with Crippen molar-refractivity contribution >= 4 is 0 Å². The Balaban J connectivity index is 2.15. The van der Waals surface area contributed by atoms with Crippen LogP contribution < -0.4 is 5.32 Å². The molecule has 0 amide bonds. The topological polar surface area (TPSA) is 42.7 Å². The van der Waals surface area contributed by atoms with Crippen LogP contribution in [0.3, 0.4) is 0 Å². The summed E-state index contributed by atoms with van der Waals surface area (Å²) in [4.78, 5) is 4.49. The van der Waals surface area contributed by atoms with Crippen LogP contribution in [0.1, 0.15) is 36.7 Å². The number of aryl methyl sites for hydroxylation is 2. The first-order valence-electron chi connectivity index (χ1n) is 6.90. The Morgan fingerprint density at radius 3 is 2.84 bits per heavy atom. The van der Waals surface area contributed by atoms with Crippen LogP contribution in [0.4, 0.5) is 0 Å². The molecule has 2 aromatic heterocycles. The number of rotatable bonds is 6. The van der Waals surface area contributed by atoms with Gasteiger partial charge in [-0.3, -0.25) is 9.67 Å². The zero-order valence-electron chi connectivity index (χ0n) is 11.9. The minimum atomic E-state index is 0.249. The van der Waals surface area contributed by atoms with Gasteiger partial charge in [-0.1, -0.05) is 6.92 Å². The van der Waals surface area contributed by atoms with Crippen LogP contribution in [0.15, 0.2) is 30.7 Å². The van der Waals surface area contributed by atoms with Gasteiger partial charge in [-0.05, 0) is 50.1 Å². The molecule has 0 radical (unpaired) electrons. The highest BCUT2D eigenvalue weighted by molar-refractivity contribution is 5.19. The van der Waals surface area contributed by atoms with Crippen molar-refractivity contribution in [2.75, 3.05) is 6.54 Å². The zero-order valence-corrected chi connectivity index (χ0v) is 11.9. The molecule has 2 aromatic rings. The van der Waals surface area contributed by atoms with Crippen LogP contribution in [0, 0.1) is 6.92 Å². The number of hydrogen-bond acceptors (Lipinski definition) is 3. The van der Waals surface area contributed by atoms with E-state index in [4.69, 9.17) is 0 Å². The smallest absolute Gasteiger partial charge is 0.0579 e. The van der Waals surface area contributed by atoms with E-state index in [1.165, 1.54) is 11.1 Å². The predicted octanol–water partition coefficient (Wildman–Crippen LogP) is 2.50. The Labute approximate surface area is 114 Å². The van der Waals surface area contributed by atoms with Crippen molar-refractivity contribution in [2.24, 2.45) is 0 Å². The average Bonchev–Trinajstić information content (AvgIpc) is 2.86. The number of pyridine rings is 1. The van der Waals surface area contributed by atoms with Gasteiger partial charge in [0.1, 0.15) is 0 Å². The molecular weight excluding hydrogens is 236 g/mol. The van der Waals surface area contributed by atoms with Gasteiger partial charge in [0, 0.05) is 18.9 Å². The third-order valence-electron chi connectivity index (χ3n) is 3.19. The lowest BCUT2D eigenvalue weighted by molar-refractivity contribution is 0.536. The van der Waals surface area contributed by atoms with Crippen LogP contribution in [0.5, 0.6) is 0 Å². The van der Waals surface area contributed by atoms with E-state index >= 15 is 0 Å². The normalized spacial score (nSPS) is 12.6. The Hall–Kier alpha value is -1.68. The third-order valence-corrected chi connectivity index (χ3v) is 3.19. The highest BCUT2D eigenvalue weighted by Crippen LogP contribution is 2.17. The first-order valence-corrected chi connectivity index (χ1v) is 6.90. The highest BCUT2D eigenvalue weighted by Gasteiger charge is 2.13. The van der Waals surface area contributed by atoms with Crippen molar-refractivity contribution in [1.82, 2.24) is 20.1 Å². The maximum Gasteiger partial charge on any atom is 0.0579 e. The van der Waals surface area contributed by atoms with Gasteiger partial charge >= 0.3 is 0 Å². The summed E-state index contributed by atoms with van der Waals surface area (Å²) in [5.41, 5.74) is 3.60. The molecule has 1 unspecified atom stereocenters. The van der Waals surface area contributed by atoms with Gasteiger partial charge < -0.3 is 5.32 Å². The molecule has 0 aromatic carbocycles. The number of aromatic nitrogens is 3. The quantitative estimate of drug-likeness (QED) is 0.865. The molecule has 0 aliphatic heterocycles. The first-order chi connectivity index (χ1) is 9.22. The van der Waals surface area contributed by atoms with Gasteiger partial charge in [0.05, 0.1) is 17.9 Å². The van der Waals surface area contributed by atoms with E-state index in [1.807, 2.05) is 23.1 Å². The summed E-state index contributed by atoms with van der Waals surface area (Å²) in [6.07, 6.45) is 6.86. The molecule has 0 fully saturated rings. The standard InChI is InChI=1S/C15H22N4/c1-4-16-15(14-8-12(3)6-7-17-14)9-13-10-18-19(5-2)11-13/h6-8,10-11,15-16H,4-5,9H2,1-3H3. The Morgan fingerprint density at radius 1 is 1.37 bits per heavy atom. The molecule has 0 bridgehead atoms. The van der Waals surface area contributed by atoms with Gasteiger partial charge in [-0.25, -0.2) is 0 Å². The summed E-state index contributed by atoms with van der Waals surface area (Å²) in [6.45, 7) is 8.17. The maximum absolute atomic E-state index is 4.49. The molecule has 0 saturated carbocycles. The summed E-state index contributed by atoms with van der Waals surface area (Å²) in [6, 6.07) is 4.43. The van der Waals surface area contributed by atoms with Gasteiger partial charge in [0.25, 0.3) is 0 Å². The summed E-state index contributed by atoms with van der Waals surface area (Å²) in [7, 11) is 0. The Kier molecular flexibility index (Phi) is 4.68. The Morgan fingerprint density at radius 2 is 2.21 bits per heavy atom. The molecule has 2 heterocycles. The molecule has 102 valence electrons. The van der Waals surface area contributed by atoms with Crippen LogP contribution in [0.25, 0.3) is 0 Å². The molecule has 1 N–H and O–H groups in total. The van der Waals surface area contributed by atoms with Crippen molar-refractivity contribution in [3.8, 4) is 0 Å². The van der Waals surface area contributed by atoms with E-state index in [9.17, 15) is 0 Å². The van der Waals surface area contributed by atoms with Crippen LogP contribution >= 0.6 is 0 Å². The van der Waals surface area contributed by atoms with Gasteiger partial charge in [-0.2, -0.15) is 5.10 Å². The summed E-state index contributed by atoms with van der Waals surface area (Å²) in [5, 5.41) is 7.83. The van der Waals surface area contributed by atoms with Crippen molar-refractivity contribution in [1.29, 1.82) is 0 Å². The summed E-state index contributed by atoms with van der Waals surface area (Å²) in [5.74, 6) is 0. The van der Waals surface area contributed by atoms with Crippen molar-refractivity contribution in [3.05, 3.63) is 47.5 Å². The van der Waals surface area contributed by atoms with Crippen LogP contribution in [-0.4, -0.2) is 21.3 Å². The van der Waals surface area contributed by atoms with Gasteiger partial charge in [-0.15, -0.1) is 0 Å². The van der Waals surface area contributed by atoms with Crippen molar-refractivity contribution < 1.29 is 0 Å². The van der Waals surface area contributed by atoms with E-state index in [0.717, 1.165) is 25.2 Å². The lowest BCUT2D eigenvalue weighted by Crippen LogP contribution is -2.23. The fraction of sp³-hybridized carbons (Fsp3) is 0.467. The fourth-order valence-electron chi connectivity index (χ4n) is 2.20. The minimum Gasteiger partial charge on any atom is -0.309 e. The van der Waals surface area contributed by atoms with Crippen LogP contribution in [-0.2, 0) is 13.0 Å². The van der Waals surface area contributed by atoms with E-state index in [-0.39, 0.29) is 6.04 Å². The second kappa shape index (κ2) is 6.48. The number of nitrogens with one attached hydrogen (secondary N) is 1. The lowest BCUT2D eigenvalue weighted by atomic mass is 10.0. The molecule has 1 atom stereocenters. The molecule has 2 rings (SSSR count). The van der Waals surface area contributed by atoms with Gasteiger partial charge in [0.2, 0.25) is 0 Å². The molecule has 0 aliphatic carbocycles. The first kappa shape index (κ1) is 13.7. The lowest BCUT2D eigenvalue weighted by Gasteiger charge is -2.17. The average molecular weight is 258 g/mol. The zero-order chi connectivity index (χ0) is 13.7. The Bertz CT molecular complexity index is 518. The molecule has 0 aliphatic rings. The van der Waals surface area contributed by atoms with Crippen molar-refractivity contribution in [2.45, 2.75) is 39.8 Å². The molecule has 0 spiro atoms. The molecule has 0 saturated heterocycles. The predicted molar refractivity (Wildman–Crippen MR) is 77.0 cm³/mol. The molecule has 4 heteroatoms. The number of hydrogen-bond donors (Lipinski definition) is 1. The van der Waals surface area contributed by atoms with Crippen molar-refractivity contribution in [3.63, 3.8) is 0 Å². The molecule has 4 nitrogen and oxygen atoms in total. The third kappa shape index (κ3) is 3.64. The number of likely N-dealkylation sites (N-methyl/N-ethyl adjacent to an activating group) is 1. The second-order valence-corrected chi connectivity index (χ2v) is 4.78. The summed E-state index contributed by atoms with van der Waals surface area (Å²) >= 11 is 0. The summed E-state index contributed by atoms with van der Waals surface area (Å²) < 4.78 is 1.96. The van der Waals surface area contributed by atoms with E-state index in [0.29, 0.717) is 0 Å². The van der Waals surface area contributed by atoms with E-state index in [1.54, 1.807) is 0 Å². The van der Waals surface area contributed by atoms with Gasteiger partial charge in [0.15, 0.2) is 0 Å². The van der Waals surface area contributed by atoms with E-state index < -0.39 is 0 Å². The maximum atomic E-state index is 4.49. The molecule has 19 heavy (non-hydrogen) atoms. The van der Waals surface area contributed by atoms with E-state index in [2.05, 4.69) is 48.4 Å². The molecular formula is C15H22N4. The number of nitrogens with zero attached hydrogens (tertiary/aromatic N) is 3. The minimum absolute atomic E-state index is 0.249. The SMILES string of the molecule is CCNC(Cc1cnn(CC)c1)c1cc(C)ccn1. The second-order valence-electron chi connectivity index (χ2n) is 4.78. The monoisotopic (exact) mass is 258 g/mol. The van der Waals surface area contributed by atoms with Crippen LogP contribution in [0.2, 0.25) is 0 Å². The fourth-order valence-corrected chi connectivity index (χ4v) is 2.20. The largest absolute Gasteiger partial charge is 0.309 e. The highest BCUT2D eigenvalue weighted by atomic mass is 15.3.